The van der Waals surface area contributed by atoms with E-state index in [-0.39, 0.29) is 11.2 Å². The molecule has 9 heteroatoms. The highest BCUT2D eigenvalue weighted by Crippen LogP contribution is 2.36. The van der Waals surface area contributed by atoms with Gasteiger partial charge in [0.2, 0.25) is 0 Å². The second-order valence-electron chi connectivity index (χ2n) is 7.11. The normalized spacial score (nSPS) is 12.3. The van der Waals surface area contributed by atoms with Gasteiger partial charge in [-0.3, -0.25) is 4.98 Å². The van der Waals surface area contributed by atoms with Crippen LogP contribution >= 0.6 is 0 Å². The molecule has 0 unspecified atom stereocenters. The molecule has 2 aromatic heterocycles. The molecule has 0 amide bonds. The molecular weight excluding hydrogens is 387 g/mol. The Balaban J connectivity index is 2.00. The maximum Gasteiger partial charge on any atom is 0.573 e. The van der Waals surface area contributed by atoms with Crippen LogP contribution in [0.4, 0.5) is 13.2 Å². The number of phenols is 1. The highest BCUT2D eigenvalue weighted by atomic mass is 19.4. The molecule has 29 heavy (non-hydrogen) atoms. The third-order valence-electron chi connectivity index (χ3n) is 4.63. The van der Waals surface area contributed by atoms with Gasteiger partial charge in [-0.25, -0.2) is 0 Å². The van der Waals surface area contributed by atoms with E-state index in [9.17, 15) is 18.3 Å². The zero-order chi connectivity index (χ0) is 21.2. The Hall–Kier alpha value is -2.94. The van der Waals surface area contributed by atoms with E-state index in [0.29, 0.717) is 23.9 Å². The predicted octanol–water partition coefficient (Wildman–Crippen LogP) is 4.65. The van der Waals surface area contributed by atoms with Crippen LogP contribution in [-0.4, -0.2) is 39.4 Å². The van der Waals surface area contributed by atoms with E-state index in [4.69, 9.17) is 4.74 Å². The van der Waals surface area contributed by atoms with Crippen molar-refractivity contribution in [3.8, 4) is 22.8 Å². The zero-order valence-corrected chi connectivity index (χ0v) is 16.1. The first-order valence-corrected chi connectivity index (χ1v) is 8.83. The topological polar surface area (TPSA) is 77.4 Å². The number of ether oxygens (including phenoxy) is 2. The van der Waals surface area contributed by atoms with Crippen molar-refractivity contribution < 1.29 is 27.8 Å². The zero-order valence-electron chi connectivity index (χ0n) is 16.1. The van der Waals surface area contributed by atoms with Gasteiger partial charge >= 0.3 is 6.36 Å². The molecule has 6 nitrogen and oxygen atoms in total. The van der Waals surface area contributed by atoms with E-state index >= 15 is 0 Å². The van der Waals surface area contributed by atoms with Crippen molar-refractivity contribution in [1.29, 1.82) is 0 Å². The Morgan fingerprint density at radius 2 is 1.83 bits per heavy atom. The summed E-state index contributed by atoms with van der Waals surface area (Å²) < 4.78 is 46.4. The number of rotatable bonds is 6. The molecule has 1 N–H and O–H groups in total. The number of aromatic hydroxyl groups is 1. The summed E-state index contributed by atoms with van der Waals surface area (Å²) in [5, 5.41) is 20.2. The van der Waals surface area contributed by atoms with Gasteiger partial charge in [0.15, 0.2) is 0 Å². The minimum Gasteiger partial charge on any atom is -0.507 e. The van der Waals surface area contributed by atoms with Crippen LogP contribution in [0.5, 0.6) is 11.5 Å². The summed E-state index contributed by atoms with van der Waals surface area (Å²) in [6, 6.07) is 5.05. The SMILES string of the molecule is COC(C)(C)CCc1nnc(-c2ccc(OC(F)(F)F)cc2O)c2ccncc12. The third kappa shape index (κ3) is 4.92. The van der Waals surface area contributed by atoms with Gasteiger partial charge in [-0.15, -0.1) is 18.3 Å². The van der Waals surface area contributed by atoms with Crippen LogP contribution in [0, 0.1) is 0 Å². The number of methoxy groups -OCH3 is 1. The minimum atomic E-state index is -4.84. The Labute approximate surface area is 165 Å². The second-order valence-corrected chi connectivity index (χ2v) is 7.11. The quantitative estimate of drug-likeness (QED) is 0.641. The lowest BCUT2D eigenvalue weighted by Gasteiger charge is -2.22. The lowest BCUT2D eigenvalue weighted by atomic mass is 9.98. The van der Waals surface area contributed by atoms with Crippen LogP contribution in [0.2, 0.25) is 0 Å². The summed E-state index contributed by atoms with van der Waals surface area (Å²) in [7, 11) is 1.64. The Kier molecular flexibility index (Phi) is 5.61. The van der Waals surface area contributed by atoms with Crippen LogP contribution in [-0.2, 0) is 11.2 Å². The molecule has 0 aliphatic rings. The van der Waals surface area contributed by atoms with Gasteiger partial charge in [-0.1, -0.05) is 0 Å². The number of phenolic OH excluding ortho intramolecular Hbond substituents is 1. The Bertz CT molecular complexity index is 1020. The fourth-order valence-corrected chi connectivity index (χ4v) is 2.86. The number of halogens is 3. The number of fused-ring (bicyclic) bond motifs is 1. The molecule has 3 aromatic rings. The number of benzene rings is 1. The average molecular weight is 407 g/mol. The molecule has 0 spiro atoms. The molecule has 0 aliphatic carbocycles. The van der Waals surface area contributed by atoms with E-state index < -0.39 is 17.9 Å². The van der Waals surface area contributed by atoms with Crippen molar-refractivity contribution in [2.24, 2.45) is 0 Å². The largest absolute Gasteiger partial charge is 0.573 e. The second kappa shape index (κ2) is 7.82. The lowest BCUT2D eigenvalue weighted by molar-refractivity contribution is -0.274. The first-order valence-electron chi connectivity index (χ1n) is 8.83. The van der Waals surface area contributed by atoms with Crippen LogP contribution in [0.1, 0.15) is 26.0 Å². The Morgan fingerprint density at radius 3 is 2.48 bits per heavy atom. The van der Waals surface area contributed by atoms with Gasteiger partial charge in [-0.2, -0.15) is 5.10 Å². The minimum absolute atomic E-state index is 0.243. The smallest absolute Gasteiger partial charge is 0.507 e. The van der Waals surface area contributed by atoms with Gasteiger partial charge in [0.05, 0.1) is 11.3 Å². The highest BCUT2D eigenvalue weighted by molar-refractivity contribution is 5.96. The molecule has 0 atom stereocenters. The maximum atomic E-state index is 12.4. The molecule has 0 fully saturated rings. The number of aryl methyl sites for hydroxylation is 1. The van der Waals surface area contributed by atoms with Crippen LogP contribution in [0.25, 0.3) is 22.0 Å². The molecule has 154 valence electrons. The van der Waals surface area contributed by atoms with Gasteiger partial charge in [0, 0.05) is 41.9 Å². The van der Waals surface area contributed by atoms with Gasteiger partial charge in [0.25, 0.3) is 0 Å². The van der Waals surface area contributed by atoms with E-state index in [1.807, 2.05) is 13.8 Å². The summed E-state index contributed by atoms with van der Waals surface area (Å²) >= 11 is 0. The molecule has 0 bridgehead atoms. The van der Waals surface area contributed by atoms with Gasteiger partial charge < -0.3 is 14.6 Å². The first-order chi connectivity index (χ1) is 13.6. The summed E-state index contributed by atoms with van der Waals surface area (Å²) in [5.74, 6) is -0.913. The van der Waals surface area contributed by atoms with E-state index in [0.717, 1.165) is 23.2 Å². The number of alkyl halides is 3. The molecule has 0 saturated heterocycles. The standard InChI is InChI=1S/C20H20F3N3O3/c1-19(2,28-3)8-6-16-15-11-24-9-7-13(15)18(26-25-16)14-5-4-12(10-17(14)27)29-20(21,22)23/h4-5,7,9-11,27H,6,8H2,1-3H3. The number of nitrogens with zero attached hydrogens (tertiary/aromatic N) is 3. The number of aromatic nitrogens is 3. The van der Waals surface area contributed by atoms with Crippen molar-refractivity contribution in [2.75, 3.05) is 7.11 Å². The summed E-state index contributed by atoms with van der Waals surface area (Å²) in [5.41, 5.74) is 0.972. The van der Waals surface area contributed by atoms with Crippen molar-refractivity contribution in [2.45, 2.75) is 38.7 Å². The summed E-state index contributed by atoms with van der Waals surface area (Å²) in [6.45, 7) is 3.94. The first kappa shape index (κ1) is 20.8. The maximum absolute atomic E-state index is 12.4. The van der Waals surface area contributed by atoms with Crippen LogP contribution < -0.4 is 4.74 Å². The van der Waals surface area contributed by atoms with Crippen LogP contribution in [0.15, 0.2) is 36.7 Å². The monoisotopic (exact) mass is 407 g/mol. The van der Waals surface area contributed by atoms with Crippen molar-refractivity contribution >= 4 is 10.8 Å². The van der Waals surface area contributed by atoms with E-state index in [1.54, 1.807) is 25.6 Å². The van der Waals surface area contributed by atoms with Gasteiger partial charge in [0.1, 0.15) is 17.2 Å². The molecule has 3 rings (SSSR count). The van der Waals surface area contributed by atoms with E-state index in [2.05, 4.69) is 19.9 Å². The molecule has 1 aromatic carbocycles. The average Bonchev–Trinajstić information content (AvgIpc) is 2.65. The number of hydrogen-bond donors (Lipinski definition) is 1. The molecule has 0 saturated carbocycles. The molecule has 0 aliphatic heterocycles. The van der Waals surface area contributed by atoms with Gasteiger partial charge in [-0.05, 0) is 44.9 Å². The molecular formula is C20H20F3N3O3. The fourth-order valence-electron chi connectivity index (χ4n) is 2.86. The third-order valence-corrected chi connectivity index (χ3v) is 4.63. The summed E-state index contributed by atoms with van der Waals surface area (Å²) in [6.07, 6.45) is -0.309. The van der Waals surface area contributed by atoms with Crippen molar-refractivity contribution in [3.05, 3.63) is 42.4 Å². The highest BCUT2D eigenvalue weighted by Gasteiger charge is 2.31. The van der Waals surface area contributed by atoms with E-state index in [1.165, 1.54) is 6.07 Å². The molecule has 2 heterocycles. The fraction of sp³-hybridized carbons (Fsp3) is 0.350. The predicted molar refractivity (Wildman–Crippen MR) is 101 cm³/mol. The Morgan fingerprint density at radius 1 is 1.07 bits per heavy atom. The number of pyridine rings is 1. The lowest BCUT2D eigenvalue weighted by Crippen LogP contribution is -2.23. The summed E-state index contributed by atoms with van der Waals surface area (Å²) in [4.78, 5) is 4.14. The number of hydrogen-bond acceptors (Lipinski definition) is 6. The van der Waals surface area contributed by atoms with Crippen molar-refractivity contribution in [3.63, 3.8) is 0 Å². The van der Waals surface area contributed by atoms with Crippen LogP contribution in [0.3, 0.4) is 0 Å². The van der Waals surface area contributed by atoms with Crippen molar-refractivity contribution in [1.82, 2.24) is 15.2 Å². The molecule has 0 radical (unpaired) electrons.